The SMILES string of the molecule is Cc1cc(C)c(C(Cl)C2CCC(C)O2)c(C)c1. The van der Waals surface area contributed by atoms with E-state index in [2.05, 4.69) is 39.8 Å². The maximum Gasteiger partial charge on any atom is 0.0852 e. The molecular formula is C15H21ClO. The van der Waals surface area contributed by atoms with Crippen LogP contribution in [0.4, 0.5) is 0 Å². The zero-order valence-electron chi connectivity index (χ0n) is 11.1. The van der Waals surface area contributed by atoms with E-state index in [1.165, 1.54) is 22.3 Å². The molecule has 1 nitrogen and oxygen atoms in total. The summed E-state index contributed by atoms with van der Waals surface area (Å²) in [4.78, 5) is 0. The number of hydrogen-bond donors (Lipinski definition) is 0. The molecule has 1 heterocycles. The van der Waals surface area contributed by atoms with Crippen molar-refractivity contribution >= 4 is 11.6 Å². The summed E-state index contributed by atoms with van der Waals surface area (Å²) in [6.07, 6.45) is 2.72. The standard InChI is InChI=1S/C15H21ClO/c1-9-7-10(2)14(11(3)8-9)15(16)13-6-5-12(4)17-13/h7-8,12-13,15H,5-6H2,1-4H3. The second kappa shape index (κ2) is 4.99. The van der Waals surface area contributed by atoms with E-state index in [-0.39, 0.29) is 11.5 Å². The molecule has 94 valence electrons. The van der Waals surface area contributed by atoms with E-state index in [1.54, 1.807) is 0 Å². The Morgan fingerprint density at radius 3 is 2.24 bits per heavy atom. The van der Waals surface area contributed by atoms with Gasteiger partial charge in [-0.1, -0.05) is 17.7 Å². The summed E-state index contributed by atoms with van der Waals surface area (Å²) in [6, 6.07) is 4.41. The molecule has 1 aromatic rings. The van der Waals surface area contributed by atoms with Gasteiger partial charge in [0.1, 0.15) is 0 Å². The van der Waals surface area contributed by atoms with Crippen molar-refractivity contribution in [3.8, 4) is 0 Å². The zero-order chi connectivity index (χ0) is 12.6. The lowest BCUT2D eigenvalue weighted by molar-refractivity contribution is 0.0531. The molecule has 1 aliphatic heterocycles. The van der Waals surface area contributed by atoms with Crippen molar-refractivity contribution in [1.29, 1.82) is 0 Å². The lowest BCUT2D eigenvalue weighted by Gasteiger charge is -2.22. The second-order valence-corrected chi connectivity index (χ2v) is 5.75. The van der Waals surface area contributed by atoms with Crippen LogP contribution in [0.3, 0.4) is 0 Å². The summed E-state index contributed by atoms with van der Waals surface area (Å²) in [5.41, 5.74) is 5.13. The highest BCUT2D eigenvalue weighted by Gasteiger charge is 2.30. The maximum absolute atomic E-state index is 6.62. The van der Waals surface area contributed by atoms with Gasteiger partial charge in [0.05, 0.1) is 17.6 Å². The van der Waals surface area contributed by atoms with Gasteiger partial charge in [-0.25, -0.2) is 0 Å². The fourth-order valence-corrected chi connectivity index (χ4v) is 3.39. The summed E-state index contributed by atoms with van der Waals surface area (Å²) >= 11 is 6.62. The molecule has 1 aliphatic rings. The number of hydrogen-bond acceptors (Lipinski definition) is 1. The highest BCUT2D eigenvalue weighted by molar-refractivity contribution is 6.21. The molecule has 0 N–H and O–H groups in total. The Balaban J connectivity index is 2.27. The van der Waals surface area contributed by atoms with Crippen LogP contribution in [0.25, 0.3) is 0 Å². The lowest BCUT2D eigenvalue weighted by Crippen LogP contribution is -2.16. The zero-order valence-corrected chi connectivity index (χ0v) is 11.8. The van der Waals surface area contributed by atoms with Gasteiger partial charge in [0.15, 0.2) is 0 Å². The van der Waals surface area contributed by atoms with Crippen LogP contribution < -0.4 is 0 Å². The van der Waals surface area contributed by atoms with Crippen LogP contribution in [0.5, 0.6) is 0 Å². The van der Waals surface area contributed by atoms with Gasteiger partial charge in [0, 0.05) is 0 Å². The largest absolute Gasteiger partial charge is 0.373 e. The van der Waals surface area contributed by atoms with Crippen molar-refractivity contribution in [2.45, 2.75) is 58.1 Å². The lowest BCUT2D eigenvalue weighted by atomic mass is 9.94. The minimum absolute atomic E-state index is 0.0134. The molecule has 0 saturated carbocycles. The molecular weight excluding hydrogens is 232 g/mol. The Labute approximate surface area is 109 Å². The van der Waals surface area contributed by atoms with Crippen LogP contribution in [0.2, 0.25) is 0 Å². The summed E-state index contributed by atoms with van der Waals surface area (Å²) < 4.78 is 5.89. The normalized spacial score (nSPS) is 26.2. The van der Waals surface area contributed by atoms with Gasteiger partial charge < -0.3 is 4.74 Å². The van der Waals surface area contributed by atoms with Crippen molar-refractivity contribution in [3.63, 3.8) is 0 Å². The smallest absolute Gasteiger partial charge is 0.0852 e. The average Bonchev–Trinajstić information content (AvgIpc) is 2.63. The van der Waals surface area contributed by atoms with Gasteiger partial charge >= 0.3 is 0 Å². The summed E-state index contributed by atoms with van der Waals surface area (Å²) in [6.45, 7) is 8.53. The van der Waals surface area contributed by atoms with Crippen LogP contribution in [-0.4, -0.2) is 12.2 Å². The van der Waals surface area contributed by atoms with Gasteiger partial charge in [-0.05, 0) is 57.2 Å². The maximum atomic E-state index is 6.62. The summed E-state index contributed by atoms with van der Waals surface area (Å²) in [5, 5.41) is -0.0134. The first kappa shape index (κ1) is 12.9. The van der Waals surface area contributed by atoms with Gasteiger partial charge in [-0.15, -0.1) is 11.6 Å². The van der Waals surface area contributed by atoms with E-state index in [0.717, 1.165) is 12.8 Å². The topological polar surface area (TPSA) is 9.23 Å². The van der Waals surface area contributed by atoms with Gasteiger partial charge in [0.2, 0.25) is 0 Å². The van der Waals surface area contributed by atoms with Gasteiger partial charge in [-0.3, -0.25) is 0 Å². The predicted molar refractivity (Wildman–Crippen MR) is 72.8 cm³/mol. The Morgan fingerprint density at radius 2 is 1.76 bits per heavy atom. The Kier molecular flexibility index (Phi) is 3.79. The van der Waals surface area contributed by atoms with Crippen molar-refractivity contribution in [2.75, 3.05) is 0 Å². The quantitative estimate of drug-likeness (QED) is 0.706. The third-order valence-corrected chi connectivity index (χ3v) is 4.10. The van der Waals surface area contributed by atoms with Crippen molar-refractivity contribution in [3.05, 3.63) is 34.4 Å². The van der Waals surface area contributed by atoms with E-state index in [1.807, 2.05) is 0 Å². The number of aryl methyl sites for hydroxylation is 3. The second-order valence-electron chi connectivity index (χ2n) is 5.28. The van der Waals surface area contributed by atoms with Crippen LogP contribution in [0.15, 0.2) is 12.1 Å². The molecule has 2 heteroatoms. The minimum Gasteiger partial charge on any atom is -0.373 e. The Hall–Kier alpha value is -0.530. The van der Waals surface area contributed by atoms with Gasteiger partial charge in [-0.2, -0.15) is 0 Å². The molecule has 0 bridgehead atoms. The number of alkyl halides is 1. The third-order valence-electron chi connectivity index (χ3n) is 3.61. The predicted octanol–water partition coefficient (Wildman–Crippen LogP) is 4.46. The monoisotopic (exact) mass is 252 g/mol. The fourth-order valence-electron chi connectivity index (χ4n) is 2.86. The Morgan fingerprint density at radius 1 is 1.18 bits per heavy atom. The van der Waals surface area contributed by atoms with Crippen molar-refractivity contribution in [1.82, 2.24) is 0 Å². The molecule has 0 radical (unpaired) electrons. The highest BCUT2D eigenvalue weighted by atomic mass is 35.5. The van der Waals surface area contributed by atoms with Gasteiger partial charge in [0.25, 0.3) is 0 Å². The van der Waals surface area contributed by atoms with E-state index < -0.39 is 0 Å². The van der Waals surface area contributed by atoms with Crippen LogP contribution in [-0.2, 0) is 4.74 Å². The van der Waals surface area contributed by atoms with Crippen LogP contribution >= 0.6 is 11.6 Å². The molecule has 0 amide bonds. The number of rotatable bonds is 2. The molecule has 17 heavy (non-hydrogen) atoms. The molecule has 2 rings (SSSR count). The van der Waals surface area contributed by atoms with E-state index in [0.29, 0.717) is 6.10 Å². The summed E-state index contributed by atoms with van der Waals surface area (Å²) in [7, 11) is 0. The molecule has 0 aliphatic carbocycles. The number of ether oxygens (including phenoxy) is 1. The fraction of sp³-hybridized carbons (Fsp3) is 0.600. The molecule has 1 fully saturated rings. The van der Waals surface area contributed by atoms with Crippen molar-refractivity contribution < 1.29 is 4.74 Å². The number of benzene rings is 1. The third kappa shape index (κ3) is 2.66. The van der Waals surface area contributed by atoms with E-state index in [4.69, 9.17) is 16.3 Å². The van der Waals surface area contributed by atoms with Crippen LogP contribution in [0, 0.1) is 20.8 Å². The Bertz CT molecular complexity index is 390. The first-order valence-electron chi connectivity index (χ1n) is 6.36. The summed E-state index contributed by atoms with van der Waals surface area (Å²) in [5.74, 6) is 0. The van der Waals surface area contributed by atoms with E-state index >= 15 is 0 Å². The molecule has 0 aromatic heterocycles. The molecule has 3 unspecified atom stereocenters. The molecule has 1 saturated heterocycles. The first-order valence-corrected chi connectivity index (χ1v) is 6.80. The average molecular weight is 253 g/mol. The minimum atomic E-state index is -0.0134. The van der Waals surface area contributed by atoms with Crippen LogP contribution in [0.1, 0.15) is 47.4 Å². The molecule has 1 aromatic carbocycles. The van der Waals surface area contributed by atoms with Crippen molar-refractivity contribution in [2.24, 2.45) is 0 Å². The first-order chi connectivity index (χ1) is 7.99. The number of halogens is 1. The van der Waals surface area contributed by atoms with E-state index in [9.17, 15) is 0 Å². The highest BCUT2D eigenvalue weighted by Crippen LogP contribution is 2.37. The molecule has 0 spiro atoms. The molecule has 3 atom stereocenters.